The molecule has 1 amide bonds. The van der Waals surface area contributed by atoms with Crippen molar-refractivity contribution in [3.63, 3.8) is 0 Å². The quantitative estimate of drug-likeness (QED) is 0.504. The first-order valence-corrected chi connectivity index (χ1v) is 9.64. The molecule has 2 aromatic carbocycles. The molecule has 0 saturated carbocycles. The molecule has 5 nitrogen and oxygen atoms in total. The minimum absolute atomic E-state index is 0.164. The van der Waals surface area contributed by atoms with Crippen LogP contribution in [0.1, 0.15) is 31.4 Å². The van der Waals surface area contributed by atoms with Gasteiger partial charge in [-0.3, -0.25) is 4.79 Å². The second-order valence-corrected chi connectivity index (χ2v) is 7.48. The van der Waals surface area contributed by atoms with E-state index in [2.05, 4.69) is 0 Å². The summed E-state index contributed by atoms with van der Waals surface area (Å²) >= 11 is 0. The van der Waals surface area contributed by atoms with Crippen LogP contribution in [0, 0.1) is 11.6 Å². The predicted octanol–water partition coefficient (Wildman–Crippen LogP) is 4.12. The summed E-state index contributed by atoms with van der Waals surface area (Å²) in [6.45, 7) is 3.66. The molecule has 0 bridgehead atoms. The number of amides is 1. The molecule has 3 rings (SSSR count). The maximum absolute atomic E-state index is 13.9. The zero-order chi connectivity index (χ0) is 21.7. The third-order valence-corrected chi connectivity index (χ3v) is 4.58. The van der Waals surface area contributed by atoms with Crippen LogP contribution < -0.4 is 0 Å². The first-order chi connectivity index (χ1) is 14.2. The molecule has 0 aromatic heterocycles. The van der Waals surface area contributed by atoms with Crippen molar-refractivity contribution in [2.24, 2.45) is 0 Å². The number of carbonyl (C=O) groups excluding carboxylic acids is 2. The monoisotopic (exact) mass is 415 g/mol. The van der Waals surface area contributed by atoms with Gasteiger partial charge in [0.2, 0.25) is 11.5 Å². The van der Waals surface area contributed by atoms with E-state index in [1.807, 2.05) is 0 Å². The highest BCUT2D eigenvalue weighted by atomic mass is 19.1. The molecule has 1 fully saturated rings. The van der Waals surface area contributed by atoms with Gasteiger partial charge in [0.05, 0.1) is 6.08 Å². The number of nitrogens with zero attached hydrogens (tertiary/aromatic N) is 1. The summed E-state index contributed by atoms with van der Waals surface area (Å²) in [5.41, 5.74) is 1.29. The number of aryl methyl sites for hydroxylation is 1. The van der Waals surface area contributed by atoms with E-state index in [1.54, 1.807) is 44.2 Å². The molecule has 7 heteroatoms. The Balaban J connectivity index is 1.73. The lowest BCUT2D eigenvalue weighted by Gasteiger charge is -2.22. The summed E-state index contributed by atoms with van der Waals surface area (Å²) in [5.74, 6) is -3.11. The van der Waals surface area contributed by atoms with E-state index in [0.29, 0.717) is 24.9 Å². The van der Waals surface area contributed by atoms with E-state index in [0.717, 1.165) is 11.6 Å². The van der Waals surface area contributed by atoms with Crippen LogP contribution >= 0.6 is 0 Å². The molecule has 0 atom stereocenters. The van der Waals surface area contributed by atoms with Crippen molar-refractivity contribution in [1.82, 2.24) is 4.90 Å². The van der Waals surface area contributed by atoms with Gasteiger partial charge in [0.25, 0.3) is 5.91 Å². The molecule has 1 saturated heterocycles. The molecule has 0 N–H and O–H groups in total. The van der Waals surface area contributed by atoms with Crippen molar-refractivity contribution >= 4 is 11.9 Å². The molecule has 1 aliphatic rings. The fourth-order valence-electron chi connectivity index (χ4n) is 3.13. The minimum atomic E-state index is -1.13. The lowest BCUT2D eigenvalue weighted by molar-refractivity contribution is -0.159. The summed E-state index contributed by atoms with van der Waals surface area (Å²) in [5, 5.41) is 0. The van der Waals surface area contributed by atoms with Gasteiger partial charge in [0.1, 0.15) is 11.6 Å². The highest BCUT2D eigenvalue weighted by Gasteiger charge is 2.38. The summed E-state index contributed by atoms with van der Waals surface area (Å²) in [4.78, 5) is 26.3. The Kier molecular flexibility index (Phi) is 6.50. The number of halogens is 2. The molecule has 0 aliphatic carbocycles. The van der Waals surface area contributed by atoms with Crippen LogP contribution in [-0.2, 0) is 32.0 Å². The van der Waals surface area contributed by atoms with Crippen LogP contribution in [0.2, 0.25) is 0 Å². The molecule has 0 spiro atoms. The van der Waals surface area contributed by atoms with Gasteiger partial charge in [-0.1, -0.05) is 30.3 Å². The topological polar surface area (TPSA) is 55.8 Å². The maximum atomic E-state index is 13.9. The van der Waals surface area contributed by atoms with E-state index >= 15 is 0 Å². The van der Waals surface area contributed by atoms with Gasteiger partial charge < -0.3 is 14.4 Å². The van der Waals surface area contributed by atoms with E-state index in [1.165, 1.54) is 23.1 Å². The Morgan fingerprint density at radius 2 is 1.77 bits per heavy atom. The number of benzene rings is 2. The van der Waals surface area contributed by atoms with Gasteiger partial charge >= 0.3 is 5.97 Å². The molecule has 30 heavy (non-hydrogen) atoms. The van der Waals surface area contributed by atoms with Gasteiger partial charge in [-0.25, -0.2) is 13.6 Å². The number of carbonyl (C=O) groups is 2. The van der Waals surface area contributed by atoms with Crippen molar-refractivity contribution in [2.75, 3.05) is 6.54 Å². The van der Waals surface area contributed by atoms with Crippen LogP contribution in [-0.4, -0.2) is 29.1 Å². The van der Waals surface area contributed by atoms with Crippen LogP contribution in [0.5, 0.6) is 0 Å². The summed E-state index contributed by atoms with van der Waals surface area (Å²) < 4.78 is 37.5. The smallest absolute Gasteiger partial charge is 0.377 e. The molecule has 1 aliphatic heterocycles. The van der Waals surface area contributed by atoms with Gasteiger partial charge in [-0.15, -0.1) is 0 Å². The second-order valence-electron chi connectivity index (χ2n) is 7.48. The Morgan fingerprint density at radius 3 is 2.40 bits per heavy atom. The average Bonchev–Trinajstić information content (AvgIpc) is 2.95. The number of hydrogen-bond acceptors (Lipinski definition) is 4. The van der Waals surface area contributed by atoms with E-state index in [4.69, 9.17) is 9.47 Å². The molecule has 1 heterocycles. The zero-order valence-corrected chi connectivity index (χ0v) is 16.9. The fourth-order valence-corrected chi connectivity index (χ4v) is 3.13. The van der Waals surface area contributed by atoms with Crippen molar-refractivity contribution in [3.8, 4) is 0 Å². The van der Waals surface area contributed by atoms with Gasteiger partial charge in [-0.2, -0.15) is 0 Å². The Bertz CT molecular complexity index is 954. The second kappa shape index (κ2) is 9.07. The summed E-state index contributed by atoms with van der Waals surface area (Å²) in [6.07, 6.45) is 2.06. The molecule has 2 aromatic rings. The van der Waals surface area contributed by atoms with Crippen LogP contribution in [0.4, 0.5) is 8.78 Å². The standard InChI is InChI=1S/C23H23F2NO4/c1-23(2)29-20(22(28)30-23)14-21(27)26(15-16-9-11-18(24)12-10-16)13-5-7-17-6-3-4-8-19(17)25/h3-4,6,8-12,14H,5,7,13,15H2,1-2H3/b20-14-. The van der Waals surface area contributed by atoms with E-state index in [-0.39, 0.29) is 23.9 Å². The van der Waals surface area contributed by atoms with Gasteiger partial charge in [-0.05, 0) is 42.2 Å². The number of ether oxygens (including phenoxy) is 2. The minimum Gasteiger partial charge on any atom is -0.445 e. The molecule has 158 valence electrons. The largest absolute Gasteiger partial charge is 0.445 e. The van der Waals surface area contributed by atoms with Crippen molar-refractivity contribution in [1.29, 1.82) is 0 Å². The summed E-state index contributed by atoms with van der Waals surface area (Å²) in [7, 11) is 0. The van der Waals surface area contributed by atoms with Gasteiger partial charge in [0.15, 0.2) is 0 Å². The van der Waals surface area contributed by atoms with Crippen LogP contribution in [0.15, 0.2) is 60.4 Å². The fraction of sp³-hybridized carbons (Fsp3) is 0.304. The van der Waals surface area contributed by atoms with Crippen LogP contribution in [0.25, 0.3) is 0 Å². The average molecular weight is 415 g/mol. The van der Waals surface area contributed by atoms with E-state index in [9.17, 15) is 18.4 Å². The van der Waals surface area contributed by atoms with E-state index < -0.39 is 17.7 Å². The molecular weight excluding hydrogens is 392 g/mol. The third kappa shape index (κ3) is 5.65. The first-order valence-electron chi connectivity index (χ1n) is 9.64. The molecule has 0 radical (unpaired) electrons. The maximum Gasteiger partial charge on any atom is 0.377 e. The number of rotatable bonds is 7. The normalized spacial score (nSPS) is 16.3. The highest BCUT2D eigenvalue weighted by Crippen LogP contribution is 2.26. The van der Waals surface area contributed by atoms with Crippen molar-refractivity contribution in [3.05, 3.63) is 83.1 Å². The number of esters is 1. The molecule has 0 unspecified atom stereocenters. The van der Waals surface area contributed by atoms with Crippen molar-refractivity contribution < 1.29 is 27.8 Å². The van der Waals surface area contributed by atoms with Crippen LogP contribution in [0.3, 0.4) is 0 Å². The third-order valence-electron chi connectivity index (χ3n) is 4.58. The Hall–Kier alpha value is -3.22. The van der Waals surface area contributed by atoms with Crippen molar-refractivity contribution in [2.45, 2.75) is 39.0 Å². The lowest BCUT2D eigenvalue weighted by Crippen LogP contribution is -2.31. The predicted molar refractivity (Wildman–Crippen MR) is 106 cm³/mol. The first kappa shape index (κ1) is 21.5. The number of cyclic esters (lactones) is 1. The Labute approximate surface area is 173 Å². The Morgan fingerprint density at radius 1 is 1.07 bits per heavy atom. The van der Waals surface area contributed by atoms with Gasteiger partial charge in [0, 0.05) is 26.9 Å². The lowest BCUT2D eigenvalue weighted by atomic mass is 10.1. The zero-order valence-electron chi connectivity index (χ0n) is 16.9. The summed E-state index contributed by atoms with van der Waals surface area (Å²) in [6, 6.07) is 12.3. The number of hydrogen-bond donors (Lipinski definition) is 0. The SMILES string of the molecule is CC1(C)OC(=O)/C(=C/C(=O)N(CCCc2ccccc2F)Cc2ccc(F)cc2)O1. The highest BCUT2D eigenvalue weighted by molar-refractivity contribution is 5.98. The molecular formula is C23H23F2NO4.